The minimum absolute atomic E-state index is 0.211. The zero-order chi connectivity index (χ0) is 24.3. The Labute approximate surface area is 199 Å². The molecule has 3 fully saturated rings. The molecule has 9 heteroatoms. The van der Waals surface area contributed by atoms with Crippen molar-refractivity contribution in [3.05, 3.63) is 24.0 Å². The predicted molar refractivity (Wildman–Crippen MR) is 128 cm³/mol. The molecule has 2 aliphatic heterocycles. The van der Waals surface area contributed by atoms with Crippen molar-refractivity contribution < 1.29 is 19.1 Å². The number of nitrogens with one attached hydrogen (secondary N) is 1. The number of hydrogen-bond acceptors (Lipinski definition) is 5. The van der Waals surface area contributed by atoms with Crippen molar-refractivity contribution in [1.82, 2.24) is 19.8 Å². The van der Waals surface area contributed by atoms with Crippen LogP contribution >= 0.6 is 0 Å². The molecule has 1 N–H and O–H groups in total. The molecule has 0 atom stereocenters. The van der Waals surface area contributed by atoms with E-state index in [2.05, 4.69) is 23.0 Å². The second-order valence-electron chi connectivity index (χ2n) is 11.1. The molecule has 4 amide bonds. The summed E-state index contributed by atoms with van der Waals surface area (Å²) in [5.74, 6) is -0.242. The number of piperidine rings is 1. The van der Waals surface area contributed by atoms with E-state index in [1.54, 1.807) is 11.1 Å². The lowest BCUT2D eigenvalue weighted by Crippen LogP contribution is -2.50. The maximum absolute atomic E-state index is 12.4. The zero-order valence-electron chi connectivity index (χ0n) is 20.4. The molecule has 0 radical (unpaired) electrons. The first-order valence-corrected chi connectivity index (χ1v) is 12.1. The van der Waals surface area contributed by atoms with Gasteiger partial charge in [0.15, 0.2) is 0 Å². The van der Waals surface area contributed by atoms with Gasteiger partial charge in [-0.05, 0) is 70.4 Å². The summed E-state index contributed by atoms with van der Waals surface area (Å²) in [5, 5.41) is 3.40. The van der Waals surface area contributed by atoms with E-state index in [1.165, 1.54) is 0 Å². The van der Waals surface area contributed by atoms with E-state index in [9.17, 15) is 14.4 Å². The van der Waals surface area contributed by atoms with Gasteiger partial charge in [0.25, 0.3) is 0 Å². The van der Waals surface area contributed by atoms with Crippen LogP contribution in [0.1, 0.15) is 64.5 Å². The minimum Gasteiger partial charge on any atom is -0.444 e. The van der Waals surface area contributed by atoms with Gasteiger partial charge in [0.2, 0.25) is 5.91 Å². The highest BCUT2D eigenvalue weighted by atomic mass is 16.6. The second-order valence-corrected chi connectivity index (χ2v) is 11.1. The number of hydrogen-bond donors (Lipinski definition) is 1. The quantitative estimate of drug-likeness (QED) is 0.716. The molecule has 4 heterocycles. The largest absolute Gasteiger partial charge is 0.444 e. The standard InChI is InChI=1S/C25H33N5O4/c1-16-15-30(21-19(16)11-17(14-26-21)29-8-5-20(31)27-22(29)32)18-12-25(13-18)6-9-28(10-7-25)23(33)34-24(2,3)4/h11,14-15,18H,5-10,12-13H2,1-4H3,(H,27,31,32). The van der Waals surface area contributed by atoms with Crippen molar-refractivity contribution in [2.45, 2.75) is 71.4 Å². The highest BCUT2D eigenvalue weighted by Gasteiger charge is 2.47. The van der Waals surface area contributed by atoms with Gasteiger partial charge >= 0.3 is 12.1 Å². The first-order chi connectivity index (χ1) is 16.0. The number of rotatable bonds is 2. The van der Waals surface area contributed by atoms with Crippen LogP contribution in [0.15, 0.2) is 18.5 Å². The number of anilines is 1. The summed E-state index contributed by atoms with van der Waals surface area (Å²) in [6.45, 7) is 9.62. The molecule has 2 saturated heterocycles. The van der Waals surface area contributed by atoms with E-state index in [4.69, 9.17) is 9.72 Å². The highest BCUT2D eigenvalue weighted by Crippen LogP contribution is 2.55. The smallest absolute Gasteiger partial charge is 0.410 e. The van der Waals surface area contributed by atoms with Gasteiger partial charge in [0.1, 0.15) is 11.2 Å². The average molecular weight is 468 g/mol. The van der Waals surface area contributed by atoms with Crippen LogP contribution in [0.4, 0.5) is 15.3 Å². The Kier molecular flexibility index (Phi) is 5.33. The Morgan fingerprint density at radius 3 is 2.53 bits per heavy atom. The monoisotopic (exact) mass is 467 g/mol. The van der Waals surface area contributed by atoms with Crippen LogP contribution in [0.5, 0.6) is 0 Å². The summed E-state index contributed by atoms with van der Waals surface area (Å²) < 4.78 is 7.81. The van der Waals surface area contributed by atoms with E-state index in [-0.39, 0.29) is 17.4 Å². The molecular formula is C25H33N5O4. The molecule has 3 aliphatic rings. The van der Waals surface area contributed by atoms with E-state index >= 15 is 0 Å². The van der Waals surface area contributed by atoms with Gasteiger partial charge in [-0.3, -0.25) is 15.0 Å². The Morgan fingerprint density at radius 2 is 1.88 bits per heavy atom. The Morgan fingerprint density at radius 1 is 1.18 bits per heavy atom. The van der Waals surface area contributed by atoms with Crippen LogP contribution in [0.2, 0.25) is 0 Å². The number of carbonyl (C=O) groups is 3. The Balaban J connectivity index is 1.26. The van der Waals surface area contributed by atoms with Gasteiger partial charge in [0.05, 0.1) is 11.9 Å². The van der Waals surface area contributed by atoms with Crippen LogP contribution < -0.4 is 10.2 Å². The summed E-state index contributed by atoms with van der Waals surface area (Å²) in [6, 6.07) is 1.99. The normalized spacial score (nSPS) is 21.1. The Hall–Kier alpha value is -3.10. The molecule has 34 heavy (non-hydrogen) atoms. The molecule has 0 aromatic carbocycles. The molecule has 1 spiro atoms. The topological polar surface area (TPSA) is 96.8 Å². The third-order valence-corrected chi connectivity index (χ3v) is 7.43. The van der Waals surface area contributed by atoms with Crippen molar-refractivity contribution in [3.8, 4) is 0 Å². The fraction of sp³-hybridized carbons (Fsp3) is 0.600. The van der Waals surface area contributed by atoms with Crippen LogP contribution in [0, 0.1) is 12.3 Å². The number of pyridine rings is 1. The number of aryl methyl sites for hydroxylation is 1. The van der Waals surface area contributed by atoms with E-state index in [0.717, 1.165) is 55.4 Å². The number of carbonyl (C=O) groups excluding carboxylic acids is 3. The first-order valence-electron chi connectivity index (χ1n) is 12.1. The third kappa shape index (κ3) is 4.12. The Bertz CT molecular complexity index is 1150. The minimum atomic E-state index is -0.469. The molecule has 182 valence electrons. The number of fused-ring (bicyclic) bond motifs is 1. The van der Waals surface area contributed by atoms with Crippen molar-refractivity contribution in [3.63, 3.8) is 0 Å². The first kappa shape index (κ1) is 22.7. The fourth-order valence-corrected chi connectivity index (χ4v) is 5.55. The second kappa shape index (κ2) is 7.99. The van der Waals surface area contributed by atoms with Crippen LogP contribution in [0.3, 0.4) is 0 Å². The predicted octanol–water partition coefficient (Wildman–Crippen LogP) is 4.14. The molecule has 1 aliphatic carbocycles. The molecule has 2 aromatic rings. The van der Waals surface area contributed by atoms with Gasteiger partial charge in [-0.25, -0.2) is 14.6 Å². The van der Waals surface area contributed by atoms with Gasteiger partial charge in [-0.15, -0.1) is 0 Å². The lowest BCUT2D eigenvalue weighted by atomic mass is 9.60. The number of likely N-dealkylation sites (tertiary alicyclic amines) is 1. The van der Waals surface area contributed by atoms with Gasteiger partial charge in [-0.1, -0.05) is 0 Å². The maximum Gasteiger partial charge on any atom is 0.410 e. The van der Waals surface area contributed by atoms with E-state index in [0.29, 0.717) is 24.7 Å². The summed E-state index contributed by atoms with van der Waals surface area (Å²) in [5.41, 5.74) is 2.58. The van der Waals surface area contributed by atoms with E-state index < -0.39 is 11.6 Å². The SMILES string of the molecule is Cc1cn(C2CC3(CCN(C(=O)OC(C)(C)C)CC3)C2)c2ncc(N3CCC(=O)NC3=O)cc12. The van der Waals surface area contributed by atoms with Crippen LogP contribution in [0.25, 0.3) is 11.0 Å². The van der Waals surface area contributed by atoms with Crippen molar-refractivity contribution >= 4 is 34.8 Å². The van der Waals surface area contributed by atoms with Crippen LogP contribution in [-0.4, -0.2) is 57.7 Å². The van der Waals surface area contributed by atoms with Gasteiger partial charge in [0, 0.05) is 43.7 Å². The van der Waals surface area contributed by atoms with Crippen LogP contribution in [-0.2, 0) is 9.53 Å². The average Bonchev–Trinajstić information content (AvgIpc) is 3.06. The number of imide groups is 1. The maximum atomic E-state index is 12.4. The van der Waals surface area contributed by atoms with Crippen molar-refractivity contribution in [2.75, 3.05) is 24.5 Å². The molecule has 0 unspecified atom stereocenters. The summed E-state index contributed by atoms with van der Waals surface area (Å²) in [7, 11) is 0. The molecule has 1 saturated carbocycles. The highest BCUT2D eigenvalue weighted by molar-refractivity contribution is 6.06. The lowest BCUT2D eigenvalue weighted by molar-refractivity contribution is -0.120. The number of ether oxygens (including phenoxy) is 1. The summed E-state index contributed by atoms with van der Waals surface area (Å²) in [4.78, 5) is 44.2. The van der Waals surface area contributed by atoms with Gasteiger partial charge < -0.3 is 14.2 Å². The third-order valence-electron chi connectivity index (χ3n) is 7.43. The summed E-state index contributed by atoms with van der Waals surface area (Å²) in [6.07, 6.45) is 8.13. The van der Waals surface area contributed by atoms with Crippen molar-refractivity contribution in [2.24, 2.45) is 5.41 Å². The molecule has 9 nitrogen and oxygen atoms in total. The molecule has 0 bridgehead atoms. The molecular weight excluding hydrogens is 434 g/mol. The number of aromatic nitrogens is 2. The lowest BCUT2D eigenvalue weighted by Gasteiger charge is -2.52. The number of amides is 4. The number of urea groups is 1. The molecule has 5 rings (SSSR count). The van der Waals surface area contributed by atoms with Crippen molar-refractivity contribution in [1.29, 1.82) is 0 Å². The summed E-state index contributed by atoms with van der Waals surface area (Å²) >= 11 is 0. The fourth-order valence-electron chi connectivity index (χ4n) is 5.55. The van der Waals surface area contributed by atoms with Gasteiger partial charge in [-0.2, -0.15) is 0 Å². The molecule has 2 aromatic heterocycles. The zero-order valence-corrected chi connectivity index (χ0v) is 20.4. The number of nitrogens with zero attached hydrogens (tertiary/aromatic N) is 4. The van der Waals surface area contributed by atoms with E-state index in [1.807, 2.05) is 31.7 Å².